The van der Waals surface area contributed by atoms with Gasteiger partial charge in [-0.1, -0.05) is 79.7 Å². The van der Waals surface area contributed by atoms with Gasteiger partial charge in [0.15, 0.2) is 0 Å². The fraction of sp³-hybridized carbons (Fsp3) is 0.154. The van der Waals surface area contributed by atoms with Crippen molar-refractivity contribution in [1.82, 2.24) is 0 Å². The van der Waals surface area contributed by atoms with Crippen LogP contribution in [0, 0.1) is 5.92 Å². The highest BCUT2D eigenvalue weighted by atomic mass is 16.4. The molecule has 0 spiro atoms. The Hall–Kier alpha value is -3.66. The van der Waals surface area contributed by atoms with E-state index in [0.717, 1.165) is 16.7 Å². The molecule has 0 aromatic heterocycles. The van der Waals surface area contributed by atoms with Gasteiger partial charge in [-0.25, -0.2) is 9.59 Å². The molecule has 0 saturated heterocycles. The van der Waals surface area contributed by atoms with Crippen LogP contribution in [0.5, 0.6) is 0 Å². The maximum absolute atomic E-state index is 11.9. The summed E-state index contributed by atoms with van der Waals surface area (Å²) in [5.74, 6) is -2.71. The van der Waals surface area contributed by atoms with E-state index in [2.05, 4.69) is 0 Å². The van der Waals surface area contributed by atoms with Gasteiger partial charge in [0, 0.05) is 17.1 Å². The topological polar surface area (TPSA) is 74.6 Å². The Morgan fingerprint density at radius 2 is 1.40 bits per heavy atom. The van der Waals surface area contributed by atoms with Crippen molar-refractivity contribution in [1.29, 1.82) is 0 Å². The predicted octanol–water partition coefficient (Wildman–Crippen LogP) is 5.85. The molecule has 2 aromatic carbocycles. The molecule has 2 aromatic rings. The van der Waals surface area contributed by atoms with Crippen LogP contribution in [0.1, 0.15) is 31.9 Å². The highest BCUT2D eigenvalue weighted by Crippen LogP contribution is 2.23. The number of benzene rings is 2. The lowest BCUT2D eigenvalue weighted by Gasteiger charge is -2.10. The first-order valence-corrected chi connectivity index (χ1v) is 9.65. The fourth-order valence-electron chi connectivity index (χ4n) is 3.00. The summed E-state index contributed by atoms with van der Waals surface area (Å²) in [5.41, 5.74) is 3.91. The molecule has 0 aliphatic carbocycles. The maximum Gasteiger partial charge on any atom is 0.332 e. The number of carboxylic acids is 2. The normalized spacial score (nSPS) is 14.4. The second-order valence-corrected chi connectivity index (χ2v) is 7.10. The molecule has 2 N–H and O–H groups in total. The minimum absolute atomic E-state index is 0.110. The van der Waals surface area contributed by atoms with E-state index in [4.69, 9.17) is 5.11 Å². The quantitative estimate of drug-likeness (QED) is 0.429. The molecule has 0 aliphatic rings. The molecule has 0 radical (unpaired) electrons. The molecular formula is C26H26O4. The van der Waals surface area contributed by atoms with Crippen molar-refractivity contribution in [3.8, 4) is 0 Å². The van der Waals surface area contributed by atoms with Gasteiger partial charge < -0.3 is 10.2 Å². The summed E-state index contributed by atoms with van der Waals surface area (Å²) in [6.07, 6.45) is 6.91. The van der Waals surface area contributed by atoms with Crippen LogP contribution in [0.3, 0.4) is 0 Å². The molecule has 154 valence electrons. The molecule has 0 saturated carbocycles. The fourth-order valence-corrected chi connectivity index (χ4v) is 3.00. The molecule has 4 nitrogen and oxygen atoms in total. The van der Waals surface area contributed by atoms with E-state index in [1.807, 2.05) is 79.7 Å². The summed E-state index contributed by atoms with van der Waals surface area (Å²) >= 11 is 0. The lowest BCUT2D eigenvalue weighted by molar-refractivity contribution is -0.134. The van der Waals surface area contributed by atoms with Gasteiger partial charge in [-0.3, -0.25) is 0 Å². The Balaban J connectivity index is 2.56. The van der Waals surface area contributed by atoms with Crippen molar-refractivity contribution >= 4 is 23.6 Å². The molecular weight excluding hydrogens is 376 g/mol. The average Bonchev–Trinajstić information content (AvgIpc) is 2.72. The maximum atomic E-state index is 11.9. The highest BCUT2D eigenvalue weighted by molar-refractivity contribution is 5.90. The van der Waals surface area contributed by atoms with Crippen LogP contribution in [0.25, 0.3) is 11.6 Å². The van der Waals surface area contributed by atoms with E-state index in [1.54, 1.807) is 13.0 Å². The van der Waals surface area contributed by atoms with Gasteiger partial charge in [-0.2, -0.15) is 0 Å². The van der Waals surface area contributed by atoms with Gasteiger partial charge in [-0.15, -0.1) is 0 Å². The van der Waals surface area contributed by atoms with Gasteiger partial charge in [-0.05, 0) is 48.3 Å². The lowest BCUT2D eigenvalue weighted by Crippen LogP contribution is -2.10. The molecule has 2 rings (SSSR count). The van der Waals surface area contributed by atoms with E-state index < -0.39 is 17.9 Å². The molecule has 0 aliphatic heterocycles. The third-order valence-corrected chi connectivity index (χ3v) is 4.64. The first-order chi connectivity index (χ1) is 14.3. The molecule has 0 amide bonds. The van der Waals surface area contributed by atoms with Gasteiger partial charge in [0.2, 0.25) is 0 Å². The summed E-state index contributed by atoms with van der Waals surface area (Å²) in [6, 6.07) is 19.5. The number of carbonyl (C=O) groups is 2. The monoisotopic (exact) mass is 402 g/mol. The number of hydrogen-bond acceptors (Lipinski definition) is 2. The molecule has 30 heavy (non-hydrogen) atoms. The summed E-state index contributed by atoms with van der Waals surface area (Å²) in [7, 11) is 0. The lowest BCUT2D eigenvalue weighted by atomic mass is 9.94. The van der Waals surface area contributed by atoms with Crippen LogP contribution >= 0.6 is 0 Å². The molecule has 0 bridgehead atoms. The zero-order valence-electron chi connectivity index (χ0n) is 17.4. The first-order valence-electron chi connectivity index (χ1n) is 9.65. The average molecular weight is 402 g/mol. The van der Waals surface area contributed by atoms with Crippen molar-refractivity contribution in [3.05, 3.63) is 107 Å². The van der Waals surface area contributed by atoms with Gasteiger partial charge in [0.25, 0.3) is 0 Å². The summed E-state index contributed by atoms with van der Waals surface area (Å²) in [4.78, 5) is 23.1. The Labute approximate surface area is 177 Å². The number of allylic oxidation sites excluding steroid dienone is 5. The molecule has 0 heterocycles. The zero-order valence-corrected chi connectivity index (χ0v) is 17.4. The number of aliphatic carboxylic acids is 2. The Morgan fingerprint density at radius 3 is 1.93 bits per heavy atom. The minimum atomic E-state index is -1.08. The second kappa shape index (κ2) is 10.8. The van der Waals surface area contributed by atoms with Gasteiger partial charge in [0.05, 0.1) is 0 Å². The third kappa shape index (κ3) is 6.74. The van der Waals surface area contributed by atoms with Crippen LogP contribution in [0.4, 0.5) is 0 Å². The minimum Gasteiger partial charge on any atom is -0.478 e. The number of rotatable bonds is 8. The SMILES string of the molecule is CC(=CC(C)C(=CC(=Cc1ccccc1)C=C(C)c1ccccc1)C(=O)O)C(=O)O. The van der Waals surface area contributed by atoms with E-state index in [0.29, 0.717) is 5.57 Å². The van der Waals surface area contributed by atoms with Crippen LogP contribution < -0.4 is 0 Å². The van der Waals surface area contributed by atoms with E-state index in [-0.39, 0.29) is 11.1 Å². The summed E-state index contributed by atoms with van der Waals surface area (Å²) < 4.78 is 0. The Kier molecular flexibility index (Phi) is 8.12. The van der Waals surface area contributed by atoms with Crippen LogP contribution in [0.2, 0.25) is 0 Å². The zero-order chi connectivity index (χ0) is 22.1. The molecule has 4 heteroatoms. The summed E-state index contributed by atoms with van der Waals surface area (Å²) in [5, 5.41) is 18.9. The molecule has 1 atom stereocenters. The standard InChI is InChI=1S/C26H26O4/c1-18(23-12-8-5-9-13-23)15-22(16-21-10-6-4-7-11-21)17-24(26(29)30)19(2)14-20(3)25(27)28/h4-17,19H,1-3H3,(H,27,28)(H,29,30). The third-order valence-electron chi connectivity index (χ3n) is 4.64. The van der Waals surface area contributed by atoms with Gasteiger partial charge in [0.1, 0.15) is 0 Å². The predicted molar refractivity (Wildman–Crippen MR) is 121 cm³/mol. The first kappa shape index (κ1) is 22.6. The van der Waals surface area contributed by atoms with Crippen LogP contribution in [-0.2, 0) is 9.59 Å². The molecule has 1 unspecified atom stereocenters. The Bertz CT molecular complexity index is 1010. The van der Waals surface area contributed by atoms with E-state index in [9.17, 15) is 14.7 Å². The smallest absolute Gasteiger partial charge is 0.332 e. The van der Waals surface area contributed by atoms with Crippen LogP contribution in [-0.4, -0.2) is 22.2 Å². The van der Waals surface area contributed by atoms with Crippen molar-refractivity contribution in [2.75, 3.05) is 0 Å². The Morgan fingerprint density at radius 1 is 0.833 bits per heavy atom. The number of carboxylic acid groups (broad SMARTS) is 2. The van der Waals surface area contributed by atoms with Crippen molar-refractivity contribution in [3.63, 3.8) is 0 Å². The largest absolute Gasteiger partial charge is 0.478 e. The number of hydrogen-bond donors (Lipinski definition) is 2. The van der Waals surface area contributed by atoms with Crippen molar-refractivity contribution in [2.24, 2.45) is 5.92 Å². The van der Waals surface area contributed by atoms with Crippen molar-refractivity contribution in [2.45, 2.75) is 20.8 Å². The van der Waals surface area contributed by atoms with Gasteiger partial charge >= 0.3 is 11.9 Å². The molecule has 0 fully saturated rings. The van der Waals surface area contributed by atoms with Crippen LogP contribution in [0.15, 0.2) is 95.6 Å². The highest BCUT2D eigenvalue weighted by Gasteiger charge is 2.16. The van der Waals surface area contributed by atoms with E-state index >= 15 is 0 Å². The summed E-state index contributed by atoms with van der Waals surface area (Å²) in [6.45, 7) is 5.11. The second-order valence-electron chi connectivity index (χ2n) is 7.10. The van der Waals surface area contributed by atoms with Crippen molar-refractivity contribution < 1.29 is 19.8 Å². The van der Waals surface area contributed by atoms with E-state index in [1.165, 1.54) is 13.0 Å².